The van der Waals surface area contributed by atoms with Gasteiger partial charge in [0.25, 0.3) is 0 Å². The minimum atomic E-state index is -0.0278. The summed E-state index contributed by atoms with van der Waals surface area (Å²) in [5.74, 6) is -0.0278. The van der Waals surface area contributed by atoms with E-state index in [1.54, 1.807) is 25.1 Å². The molecule has 0 atom stereocenters. The van der Waals surface area contributed by atoms with Gasteiger partial charge in [-0.25, -0.2) is 0 Å². The summed E-state index contributed by atoms with van der Waals surface area (Å²) in [6, 6.07) is 10.2. The third-order valence-electron chi connectivity index (χ3n) is 3.91. The number of rotatable bonds is 8. The molecule has 0 saturated carbocycles. The molecule has 1 aromatic heterocycles. The van der Waals surface area contributed by atoms with E-state index in [2.05, 4.69) is 10.6 Å². The number of nitriles is 1. The molecule has 0 N–H and O–H groups in total. The number of amides is 1. The number of likely N-dealkylation sites (N-methyl/N-ethyl adjacent to an activating group) is 1. The SMILES string of the molecule is COCCCN(C)C(=O)C=Cc1cn(CCC#N)c2ccccc12. The summed E-state index contributed by atoms with van der Waals surface area (Å²) in [5, 5.41) is 9.88. The lowest BCUT2D eigenvalue weighted by atomic mass is 10.1. The standard InChI is InChI=1S/C19H23N3O2/c1-21(12-6-14-24-2)19(23)10-9-16-15-22(13-5-11-20)18-8-4-3-7-17(16)18/h3-4,7-10,15H,5-6,12-14H2,1-2H3. The zero-order chi connectivity index (χ0) is 17.4. The number of ether oxygens (including phenoxy) is 1. The molecule has 0 radical (unpaired) electrons. The molecular formula is C19H23N3O2. The summed E-state index contributed by atoms with van der Waals surface area (Å²) in [6.07, 6.45) is 6.73. The first-order chi connectivity index (χ1) is 11.7. The van der Waals surface area contributed by atoms with Gasteiger partial charge in [0.2, 0.25) is 5.91 Å². The molecule has 0 aliphatic heterocycles. The van der Waals surface area contributed by atoms with Crippen molar-refractivity contribution in [3.8, 4) is 6.07 Å². The Hall–Kier alpha value is -2.58. The van der Waals surface area contributed by atoms with Crippen molar-refractivity contribution in [1.82, 2.24) is 9.47 Å². The molecule has 0 aliphatic carbocycles. The lowest BCUT2D eigenvalue weighted by molar-refractivity contribution is -0.124. The van der Waals surface area contributed by atoms with Gasteiger partial charge < -0.3 is 14.2 Å². The fourth-order valence-electron chi connectivity index (χ4n) is 2.61. The van der Waals surface area contributed by atoms with Crippen molar-refractivity contribution in [2.75, 3.05) is 27.3 Å². The normalized spacial score (nSPS) is 11.0. The van der Waals surface area contributed by atoms with Crippen LogP contribution in [0.4, 0.5) is 0 Å². The van der Waals surface area contributed by atoms with Crippen molar-refractivity contribution < 1.29 is 9.53 Å². The minimum Gasteiger partial charge on any atom is -0.385 e. The van der Waals surface area contributed by atoms with Crippen molar-refractivity contribution in [1.29, 1.82) is 5.26 Å². The number of fused-ring (bicyclic) bond motifs is 1. The van der Waals surface area contributed by atoms with Crippen LogP contribution in [0.15, 0.2) is 36.5 Å². The Bertz CT molecular complexity index is 756. The maximum Gasteiger partial charge on any atom is 0.246 e. The van der Waals surface area contributed by atoms with Gasteiger partial charge in [-0.05, 0) is 18.6 Å². The molecule has 2 rings (SSSR count). The topological polar surface area (TPSA) is 58.3 Å². The zero-order valence-electron chi connectivity index (χ0n) is 14.2. The summed E-state index contributed by atoms with van der Waals surface area (Å²) in [7, 11) is 3.45. The highest BCUT2D eigenvalue weighted by atomic mass is 16.5. The van der Waals surface area contributed by atoms with Crippen LogP contribution in [0.25, 0.3) is 17.0 Å². The summed E-state index contributed by atoms with van der Waals surface area (Å²) in [6.45, 7) is 1.96. The van der Waals surface area contributed by atoms with Gasteiger partial charge in [0, 0.05) is 62.6 Å². The number of benzene rings is 1. The molecule has 1 heterocycles. The first-order valence-corrected chi connectivity index (χ1v) is 8.04. The van der Waals surface area contributed by atoms with E-state index in [4.69, 9.17) is 10.00 Å². The second-order valence-electron chi connectivity index (χ2n) is 5.64. The molecule has 0 spiro atoms. The Morgan fingerprint density at radius 2 is 2.21 bits per heavy atom. The number of carbonyl (C=O) groups excluding carboxylic acids is 1. The van der Waals surface area contributed by atoms with Gasteiger partial charge in [-0.3, -0.25) is 4.79 Å². The van der Waals surface area contributed by atoms with Crippen molar-refractivity contribution in [3.63, 3.8) is 0 Å². The van der Waals surface area contributed by atoms with E-state index in [9.17, 15) is 4.79 Å². The third-order valence-corrected chi connectivity index (χ3v) is 3.91. The van der Waals surface area contributed by atoms with E-state index < -0.39 is 0 Å². The van der Waals surface area contributed by atoms with Gasteiger partial charge in [-0.15, -0.1) is 0 Å². The Morgan fingerprint density at radius 1 is 1.42 bits per heavy atom. The molecule has 0 aliphatic rings. The quantitative estimate of drug-likeness (QED) is 0.553. The van der Waals surface area contributed by atoms with Gasteiger partial charge >= 0.3 is 0 Å². The molecular weight excluding hydrogens is 302 g/mol. The molecule has 2 aromatic rings. The summed E-state index contributed by atoms with van der Waals surface area (Å²) < 4.78 is 7.06. The Balaban J connectivity index is 2.14. The fourth-order valence-corrected chi connectivity index (χ4v) is 2.61. The predicted molar refractivity (Wildman–Crippen MR) is 95.3 cm³/mol. The highest BCUT2D eigenvalue weighted by Crippen LogP contribution is 2.22. The maximum atomic E-state index is 12.2. The number of carbonyl (C=O) groups is 1. The van der Waals surface area contributed by atoms with Crippen molar-refractivity contribution in [3.05, 3.63) is 42.1 Å². The van der Waals surface area contributed by atoms with Gasteiger partial charge in [0.1, 0.15) is 0 Å². The van der Waals surface area contributed by atoms with Gasteiger partial charge in [0.15, 0.2) is 0 Å². The number of methoxy groups -OCH3 is 1. The number of aromatic nitrogens is 1. The van der Waals surface area contributed by atoms with Crippen molar-refractivity contribution in [2.24, 2.45) is 0 Å². The highest BCUT2D eigenvalue weighted by molar-refractivity contribution is 5.96. The fraction of sp³-hybridized carbons (Fsp3) is 0.368. The molecule has 0 fully saturated rings. The molecule has 0 bridgehead atoms. The van der Waals surface area contributed by atoms with Gasteiger partial charge in [0.05, 0.1) is 12.5 Å². The first kappa shape index (κ1) is 17.8. The molecule has 0 unspecified atom stereocenters. The second kappa shape index (κ2) is 8.90. The number of aryl methyl sites for hydroxylation is 1. The number of para-hydroxylation sites is 1. The van der Waals surface area contributed by atoms with E-state index in [1.165, 1.54) is 0 Å². The summed E-state index contributed by atoms with van der Waals surface area (Å²) in [5.41, 5.74) is 2.07. The molecule has 5 heteroatoms. The summed E-state index contributed by atoms with van der Waals surface area (Å²) >= 11 is 0. The van der Waals surface area contributed by atoms with Crippen molar-refractivity contribution >= 4 is 22.9 Å². The zero-order valence-corrected chi connectivity index (χ0v) is 14.2. The van der Waals surface area contributed by atoms with Crippen LogP contribution in [0.1, 0.15) is 18.4 Å². The van der Waals surface area contributed by atoms with E-state index in [0.717, 1.165) is 22.9 Å². The molecule has 5 nitrogen and oxygen atoms in total. The van der Waals surface area contributed by atoms with Crippen LogP contribution in [0, 0.1) is 11.3 Å². The number of hydrogen-bond acceptors (Lipinski definition) is 3. The van der Waals surface area contributed by atoms with Crippen LogP contribution >= 0.6 is 0 Å². The second-order valence-corrected chi connectivity index (χ2v) is 5.64. The van der Waals surface area contributed by atoms with Crippen LogP contribution in [0.3, 0.4) is 0 Å². The van der Waals surface area contributed by atoms with Gasteiger partial charge in [-0.2, -0.15) is 5.26 Å². The number of nitrogens with zero attached hydrogens (tertiary/aromatic N) is 3. The van der Waals surface area contributed by atoms with E-state index in [1.807, 2.05) is 36.5 Å². The first-order valence-electron chi connectivity index (χ1n) is 8.04. The van der Waals surface area contributed by atoms with Crippen LogP contribution in [-0.4, -0.2) is 42.7 Å². The molecule has 0 saturated heterocycles. The lowest BCUT2D eigenvalue weighted by Gasteiger charge is -2.14. The Morgan fingerprint density at radius 3 is 2.96 bits per heavy atom. The van der Waals surface area contributed by atoms with Gasteiger partial charge in [-0.1, -0.05) is 18.2 Å². The molecule has 1 amide bonds. The minimum absolute atomic E-state index is 0.0278. The largest absolute Gasteiger partial charge is 0.385 e. The van der Waals surface area contributed by atoms with Crippen LogP contribution in [0.5, 0.6) is 0 Å². The van der Waals surface area contributed by atoms with E-state index >= 15 is 0 Å². The average molecular weight is 325 g/mol. The molecule has 126 valence electrons. The van der Waals surface area contributed by atoms with E-state index in [0.29, 0.717) is 26.1 Å². The van der Waals surface area contributed by atoms with Crippen molar-refractivity contribution in [2.45, 2.75) is 19.4 Å². The smallest absolute Gasteiger partial charge is 0.246 e. The van der Waals surface area contributed by atoms with Crippen LogP contribution in [-0.2, 0) is 16.1 Å². The van der Waals surface area contributed by atoms with Crippen LogP contribution in [0.2, 0.25) is 0 Å². The highest BCUT2D eigenvalue weighted by Gasteiger charge is 2.08. The van der Waals surface area contributed by atoms with Crippen LogP contribution < -0.4 is 0 Å². The maximum absolute atomic E-state index is 12.2. The lowest BCUT2D eigenvalue weighted by Crippen LogP contribution is -2.26. The molecule has 1 aromatic carbocycles. The molecule has 24 heavy (non-hydrogen) atoms. The summed E-state index contributed by atoms with van der Waals surface area (Å²) in [4.78, 5) is 13.9. The third kappa shape index (κ3) is 4.46. The monoisotopic (exact) mass is 325 g/mol. The Labute approximate surface area is 142 Å². The number of hydrogen-bond donors (Lipinski definition) is 0. The Kier molecular flexibility index (Phi) is 6.59. The average Bonchev–Trinajstić information content (AvgIpc) is 2.96. The van der Waals surface area contributed by atoms with E-state index in [-0.39, 0.29) is 5.91 Å². The predicted octanol–water partition coefficient (Wildman–Crippen LogP) is 3.06.